The number of carboxylic acid groups (broad SMARTS) is 1. The molecule has 6 heteroatoms. The van der Waals surface area contributed by atoms with Crippen LogP contribution in [0.15, 0.2) is 18.5 Å². The molecule has 0 bridgehead atoms. The van der Waals surface area contributed by atoms with Gasteiger partial charge in [-0.3, -0.25) is 9.48 Å². The Bertz CT molecular complexity index is 500. The molecule has 6 nitrogen and oxygen atoms in total. The van der Waals surface area contributed by atoms with Crippen molar-refractivity contribution in [3.63, 3.8) is 0 Å². The molecule has 3 rings (SSSR count). The van der Waals surface area contributed by atoms with Gasteiger partial charge in [0.25, 0.3) is 0 Å². The van der Waals surface area contributed by atoms with Gasteiger partial charge < -0.3 is 10.0 Å². The number of carboxylic acids is 1. The van der Waals surface area contributed by atoms with Crippen molar-refractivity contribution in [1.29, 1.82) is 0 Å². The molecule has 1 saturated heterocycles. The normalized spacial score (nSPS) is 29.2. The second-order valence-corrected chi connectivity index (χ2v) is 5.71. The van der Waals surface area contributed by atoms with E-state index < -0.39 is 12.0 Å². The number of carbonyl (C=O) groups excluding carboxylic acids is 1. The largest absolute Gasteiger partial charge is 0.480 e. The average Bonchev–Trinajstić information content (AvgIpc) is 3.04. The molecule has 0 radical (unpaired) electrons. The number of fused-ring (bicyclic) bond motifs is 1. The predicted molar refractivity (Wildman–Crippen MR) is 70.9 cm³/mol. The number of aromatic nitrogens is 2. The number of likely N-dealkylation sites (tertiary alicyclic amines) is 1. The first-order valence-corrected chi connectivity index (χ1v) is 7.18. The standard InChI is InChI=1S/C14H19N3O3/c18-13(9-16-7-3-6-15-16)17-11-5-2-1-4-10(11)8-12(17)14(19)20/h3,6-7,10-12H,1-2,4-5,8-9H2,(H,19,20)/t10-,11-,12-/m0/s1. The molecule has 1 amide bonds. The highest BCUT2D eigenvalue weighted by Gasteiger charge is 2.47. The van der Waals surface area contributed by atoms with Crippen LogP contribution >= 0.6 is 0 Å². The highest BCUT2D eigenvalue weighted by Crippen LogP contribution is 2.39. The molecule has 108 valence electrons. The molecule has 2 fully saturated rings. The van der Waals surface area contributed by atoms with Gasteiger partial charge in [-0.25, -0.2) is 4.79 Å². The van der Waals surface area contributed by atoms with Gasteiger partial charge in [-0.1, -0.05) is 12.8 Å². The molecule has 0 unspecified atom stereocenters. The molecule has 0 spiro atoms. The van der Waals surface area contributed by atoms with Crippen LogP contribution in [0.5, 0.6) is 0 Å². The summed E-state index contributed by atoms with van der Waals surface area (Å²) in [7, 11) is 0. The van der Waals surface area contributed by atoms with Crippen LogP contribution in [-0.4, -0.2) is 43.7 Å². The second kappa shape index (κ2) is 5.26. The minimum absolute atomic E-state index is 0.105. The fourth-order valence-electron chi connectivity index (χ4n) is 3.65. The molecular formula is C14H19N3O3. The summed E-state index contributed by atoms with van der Waals surface area (Å²) in [6, 6.07) is 1.20. The van der Waals surface area contributed by atoms with Gasteiger partial charge in [-0.2, -0.15) is 5.10 Å². The summed E-state index contributed by atoms with van der Waals surface area (Å²) in [5.74, 6) is -0.657. The summed E-state index contributed by atoms with van der Waals surface area (Å²) in [6.07, 6.45) is 8.15. The van der Waals surface area contributed by atoms with Crippen molar-refractivity contribution < 1.29 is 14.7 Å². The van der Waals surface area contributed by atoms with Crippen LogP contribution in [-0.2, 0) is 16.1 Å². The van der Waals surface area contributed by atoms with Crippen LogP contribution in [0.3, 0.4) is 0 Å². The van der Waals surface area contributed by atoms with E-state index in [1.54, 1.807) is 28.0 Å². The molecule has 1 aromatic rings. The number of carbonyl (C=O) groups is 2. The third-order valence-electron chi connectivity index (χ3n) is 4.52. The second-order valence-electron chi connectivity index (χ2n) is 5.71. The van der Waals surface area contributed by atoms with E-state index in [0.717, 1.165) is 25.7 Å². The lowest BCUT2D eigenvalue weighted by Gasteiger charge is -2.33. The highest BCUT2D eigenvalue weighted by molar-refractivity contribution is 5.84. The van der Waals surface area contributed by atoms with E-state index in [1.807, 2.05) is 0 Å². The number of amides is 1. The van der Waals surface area contributed by atoms with Crippen LogP contribution in [0.4, 0.5) is 0 Å². The highest BCUT2D eigenvalue weighted by atomic mass is 16.4. The van der Waals surface area contributed by atoms with Crippen LogP contribution < -0.4 is 0 Å². The Morgan fingerprint density at radius 3 is 2.80 bits per heavy atom. The Labute approximate surface area is 117 Å². The quantitative estimate of drug-likeness (QED) is 0.898. The van der Waals surface area contributed by atoms with Crippen LogP contribution in [0.25, 0.3) is 0 Å². The molecule has 0 aromatic carbocycles. The number of nitrogens with zero attached hydrogens (tertiary/aromatic N) is 3. The molecule has 1 aliphatic heterocycles. The summed E-state index contributed by atoms with van der Waals surface area (Å²) in [4.78, 5) is 25.5. The predicted octanol–water partition coefficient (Wildman–Crippen LogP) is 1.13. The SMILES string of the molecule is O=C(O)[C@@H]1C[C@@H]2CCCC[C@@H]2N1C(=O)Cn1cccn1. The lowest BCUT2D eigenvalue weighted by molar-refractivity contribution is -0.150. The maximum Gasteiger partial charge on any atom is 0.326 e. The van der Waals surface area contributed by atoms with Gasteiger partial charge in [0.2, 0.25) is 5.91 Å². The van der Waals surface area contributed by atoms with E-state index in [0.29, 0.717) is 12.3 Å². The van der Waals surface area contributed by atoms with Gasteiger partial charge in [0.15, 0.2) is 0 Å². The first-order valence-electron chi connectivity index (χ1n) is 7.18. The fourth-order valence-corrected chi connectivity index (χ4v) is 3.65. The Morgan fingerprint density at radius 1 is 1.30 bits per heavy atom. The summed E-state index contributed by atoms with van der Waals surface area (Å²) in [5.41, 5.74) is 0. The lowest BCUT2D eigenvalue weighted by atomic mass is 9.85. The van der Waals surface area contributed by atoms with Crippen LogP contribution in [0.1, 0.15) is 32.1 Å². The van der Waals surface area contributed by atoms with Crippen molar-refractivity contribution >= 4 is 11.9 Å². The van der Waals surface area contributed by atoms with E-state index in [2.05, 4.69) is 5.10 Å². The van der Waals surface area contributed by atoms with E-state index in [1.165, 1.54) is 0 Å². The van der Waals surface area contributed by atoms with Crippen molar-refractivity contribution in [2.24, 2.45) is 5.92 Å². The van der Waals surface area contributed by atoms with Crippen molar-refractivity contribution in [3.8, 4) is 0 Å². The van der Waals surface area contributed by atoms with Gasteiger partial charge >= 0.3 is 5.97 Å². The van der Waals surface area contributed by atoms with Crippen LogP contribution in [0, 0.1) is 5.92 Å². The molecule has 3 atom stereocenters. The summed E-state index contributed by atoms with van der Waals surface area (Å²) in [5, 5.41) is 13.4. The first kappa shape index (κ1) is 13.1. The molecule has 2 heterocycles. The van der Waals surface area contributed by atoms with E-state index in [-0.39, 0.29) is 18.5 Å². The third-order valence-corrected chi connectivity index (χ3v) is 4.52. The van der Waals surface area contributed by atoms with Gasteiger partial charge in [-0.15, -0.1) is 0 Å². The Balaban J connectivity index is 1.79. The van der Waals surface area contributed by atoms with Crippen molar-refractivity contribution in [3.05, 3.63) is 18.5 Å². The molecular weight excluding hydrogens is 258 g/mol. The van der Waals surface area contributed by atoms with Gasteiger partial charge in [-0.05, 0) is 31.2 Å². The summed E-state index contributed by atoms with van der Waals surface area (Å²) in [6.45, 7) is 0.125. The number of aliphatic carboxylic acids is 1. The number of hydrogen-bond donors (Lipinski definition) is 1. The Hall–Kier alpha value is -1.85. The molecule has 20 heavy (non-hydrogen) atoms. The molecule has 1 N–H and O–H groups in total. The van der Waals surface area contributed by atoms with Crippen molar-refractivity contribution in [2.75, 3.05) is 0 Å². The zero-order valence-electron chi connectivity index (χ0n) is 11.3. The van der Waals surface area contributed by atoms with E-state index in [9.17, 15) is 14.7 Å². The number of hydrogen-bond acceptors (Lipinski definition) is 3. The van der Waals surface area contributed by atoms with E-state index >= 15 is 0 Å². The maximum absolute atomic E-state index is 12.5. The summed E-state index contributed by atoms with van der Waals surface area (Å²) >= 11 is 0. The monoisotopic (exact) mass is 277 g/mol. The Kier molecular flexibility index (Phi) is 3.46. The topological polar surface area (TPSA) is 75.4 Å². The minimum atomic E-state index is -0.881. The van der Waals surface area contributed by atoms with Crippen LogP contribution in [0.2, 0.25) is 0 Å². The smallest absolute Gasteiger partial charge is 0.326 e. The molecule has 1 saturated carbocycles. The number of rotatable bonds is 3. The van der Waals surface area contributed by atoms with Gasteiger partial charge in [0, 0.05) is 18.4 Å². The van der Waals surface area contributed by atoms with E-state index in [4.69, 9.17) is 0 Å². The third kappa shape index (κ3) is 2.30. The fraction of sp³-hybridized carbons (Fsp3) is 0.643. The first-order chi connectivity index (χ1) is 9.66. The zero-order chi connectivity index (χ0) is 14.1. The Morgan fingerprint density at radius 2 is 2.10 bits per heavy atom. The summed E-state index contributed by atoms with van der Waals surface area (Å²) < 4.78 is 1.55. The molecule has 1 aromatic heterocycles. The van der Waals surface area contributed by atoms with Gasteiger partial charge in [0.05, 0.1) is 0 Å². The molecule has 1 aliphatic carbocycles. The average molecular weight is 277 g/mol. The zero-order valence-corrected chi connectivity index (χ0v) is 11.3. The van der Waals surface area contributed by atoms with Gasteiger partial charge in [0.1, 0.15) is 12.6 Å². The maximum atomic E-state index is 12.5. The minimum Gasteiger partial charge on any atom is -0.480 e. The lowest BCUT2D eigenvalue weighted by Crippen LogP contribution is -2.47. The van der Waals surface area contributed by atoms with Crippen molar-refractivity contribution in [1.82, 2.24) is 14.7 Å². The molecule has 2 aliphatic rings. The van der Waals surface area contributed by atoms with Crippen molar-refractivity contribution in [2.45, 2.75) is 50.7 Å².